The Morgan fingerprint density at radius 1 is 1.22 bits per heavy atom. The Morgan fingerprint density at radius 3 is 2.17 bits per heavy atom. The van der Waals surface area contributed by atoms with E-state index in [0.717, 1.165) is 26.1 Å². The molecule has 1 saturated heterocycles. The van der Waals surface area contributed by atoms with E-state index in [4.69, 9.17) is 10.5 Å². The molecule has 0 saturated carbocycles. The van der Waals surface area contributed by atoms with Gasteiger partial charge in [-0.3, -0.25) is 0 Å². The topological polar surface area (TPSA) is 35.2 Å². The maximum absolute atomic E-state index is 5.92. The van der Waals surface area contributed by atoms with Crippen molar-refractivity contribution in [1.82, 2.24) is 0 Å². The van der Waals surface area contributed by atoms with E-state index in [1.54, 1.807) is 0 Å². The van der Waals surface area contributed by atoms with E-state index in [-0.39, 0.29) is 11.5 Å². The molecule has 1 atom stereocenters. The molecule has 2 N–H and O–H groups in total. The van der Waals surface area contributed by atoms with Crippen LogP contribution in [0, 0.1) is 20.8 Å². The largest absolute Gasteiger partial charge is 0.379 e. The molecule has 2 rings (SSSR count). The summed E-state index contributed by atoms with van der Waals surface area (Å²) >= 11 is 0. The number of nitrogens with two attached hydrogens (primary N) is 1. The quantitative estimate of drug-likeness (QED) is 0.887. The van der Waals surface area contributed by atoms with E-state index in [1.165, 1.54) is 22.3 Å². The van der Waals surface area contributed by atoms with Crippen LogP contribution in [0.15, 0.2) is 12.1 Å². The second-order valence-electron chi connectivity index (χ2n) is 6.06. The summed E-state index contributed by atoms with van der Waals surface area (Å²) in [6.45, 7) is 10.4. The fourth-order valence-electron chi connectivity index (χ4n) is 3.28. The minimum Gasteiger partial charge on any atom is -0.379 e. The van der Waals surface area contributed by atoms with E-state index < -0.39 is 0 Å². The van der Waals surface area contributed by atoms with Gasteiger partial charge in [0.2, 0.25) is 0 Å². The van der Waals surface area contributed by atoms with Crippen molar-refractivity contribution >= 4 is 0 Å². The molecule has 1 heterocycles. The van der Waals surface area contributed by atoms with Crippen molar-refractivity contribution in [3.8, 4) is 0 Å². The highest BCUT2D eigenvalue weighted by atomic mass is 16.5. The van der Waals surface area contributed by atoms with Crippen molar-refractivity contribution < 1.29 is 4.74 Å². The highest BCUT2D eigenvalue weighted by Crippen LogP contribution is 2.40. The summed E-state index contributed by atoms with van der Waals surface area (Å²) in [7, 11) is 0. The smallest absolute Gasteiger partial charge is 0.0585 e. The molecule has 0 radical (unpaired) electrons. The fourth-order valence-corrected chi connectivity index (χ4v) is 3.28. The minimum atomic E-state index is 0.218. The molecule has 2 nitrogen and oxygen atoms in total. The van der Waals surface area contributed by atoms with Crippen molar-refractivity contribution in [2.24, 2.45) is 5.73 Å². The van der Waals surface area contributed by atoms with E-state index in [9.17, 15) is 0 Å². The lowest BCUT2D eigenvalue weighted by Crippen LogP contribution is -2.48. The second-order valence-corrected chi connectivity index (χ2v) is 6.06. The lowest BCUT2D eigenvalue weighted by Gasteiger charge is -2.44. The molecule has 1 aliphatic rings. The van der Waals surface area contributed by atoms with Gasteiger partial charge in [0.15, 0.2) is 0 Å². The number of benzene rings is 1. The zero-order chi connectivity index (χ0) is 13.3. The zero-order valence-corrected chi connectivity index (χ0v) is 12.0. The fraction of sp³-hybridized carbons (Fsp3) is 0.625. The third kappa shape index (κ3) is 2.45. The van der Waals surface area contributed by atoms with Crippen molar-refractivity contribution in [2.75, 3.05) is 13.2 Å². The van der Waals surface area contributed by atoms with Crippen LogP contribution in [0.1, 0.15) is 42.0 Å². The van der Waals surface area contributed by atoms with E-state index in [2.05, 4.69) is 39.8 Å². The molecule has 1 unspecified atom stereocenters. The summed E-state index contributed by atoms with van der Waals surface area (Å²) in [5.41, 5.74) is 11.8. The molecule has 0 aliphatic carbocycles. The maximum atomic E-state index is 5.92. The number of aryl methyl sites for hydroxylation is 3. The first-order valence-electron chi connectivity index (χ1n) is 6.86. The predicted molar refractivity (Wildman–Crippen MR) is 76.0 cm³/mol. The van der Waals surface area contributed by atoms with Crippen LogP contribution in [0.4, 0.5) is 0 Å². The normalized spacial score (nSPS) is 19.4. The van der Waals surface area contributed by atoms with Gasteiger partial charge in [-0.2, -0.15) is 0 Å². The SMILES string of the molecule is Cc1cc(C)c(C2(CCC(C)N)COC2)c(C)c1. The molecule has 2 heteroatoms. The average molecular weight is 247 g/mol. The maximum Gasteiger partial charge on any atom is 0.0585 e. The van der Waals surface area contributed by atoms with Crippen molar-refractivity contribution in [2.45, 2.75) is 52.0 Å². The molecule has 100 valence electrons. The molecule has 0 spiro atoms. The standard InChI is InChI=1S/C16H25NO/c1-11-7-12(2)15(13(3)8-11)16(9-18-10-16)6-5-14(4)17/h7-8,14H,5-6,9-10,17H2,1-4H3. The number of ether oxygens (including phenoxy) is 1. The Hall–Kier alpha value is -0.860. The summed E-state index contributed by atoms with van der Waals surface area (Å²) in [5.74, 6) is 0. The minimum absolute atomic E-state index is 0.218. The average Bonchev–Trinajstić information content (AvgIpc) is 2.18. The second kappa shape index (κ2) is 5.02. The summed E-state index contributed by atoms with van der Waals surface area (Å²) in [6, 6.07) is 4.84. The Morgan fingerprint density at radius 2 is 1.78 bits per heavy atom. The van der Waals surface area contributed by atoms with Gasteiger partial charge in [-0.25, -0.2) is 0 Å². The summed E-state index contributed by atoms with van der Waals surface area (Å²) in [5, 5.41) is 0. The lowest BCUT2D eigenvalue weighted by atomic mass is 9.71. The molecule has 0 amide bonds. The first-order chi connectivity index (χ1) is 8.44. The van der Waals surface area contributed by atoms with Crippen molar-refractivity contribution in [3.63, 3.8) is 0 Å². The Balaban J connectivity index is 2.33. The van der Waals surface area contributed by atoms with Crippen LogP contribution in [0.3, 0.4) is 0 Å². The number of rotatable bonds is 4. The summed E-state index contributed by atoms with van der Waals surface area (Å²) in [4.78, 5) is 0. The van der Waals surface area contributed by atoms with Crippen LogP contribution in [0.2, 0.25) is 0 Å². The van der Waals surface area contributed by atoms with Crippen molar-refractivity contribution in [1.29, 1.82) is 0 Å². The zero-order valence-electron chi connectivity index (χ0n) is 12.0. The first-order valence-corrected chi connectivity index (χ1v) is 6.86. The van der Waals surface area contributed by atoms with Crippen LogP contribution in [0.25, 0.3) is 0 Å². The van der Waals surface area contributed by atoms with Gasteiger partial charge in [-0.1, -0.05) is 17.7 Å². The molecular formula is C16H25NO. The van der Waals surface area contributed by atoms with Gasteiger partial charge in [0.25, 0.3) is 0 Å². The van der Waals surface area contributed by atoms with E-state index in [1.807, 2.05) is 0 Å². The molecular weight excluding hydrogens is 222 g/mol. The van der Waals surface area contributed by atoms with Crippen LogP contribution < -0.4 is 5.73 Å². The third-order valence-corrected chi connectivity index (χ3v) is 4.04. The van der Waals surface area contributed by atoms with Crippen LogP contribution in [-0.2, 0) is 10.2 Å². The Bertz CT molecular complexity index is 410. The highest BCUT2D eigenvalue weighted by Gasteiger charge is 2.41. The first kappa shape index (κ1) is 13.6. The molecule has 0 bridgehead atoms. The highest BCUT2D eigenvalue weighted by molar-refractivity contribution is 5.44. The van der Waals surface area contributed by atoms with Crippen LogP contribution in [-0.4, -0.2) is 19.3 Å². The monoisotopic (exact) mass is 247 g/mol. The van der Waals surface area contributed by atoms with Gasteiger partial charge >= 0.3 is 0 Å². The van der Waals surface area contributed by atoms with Gasteiger partial charge in [-0.05, 0) is 57.2 Å². The number of hydrogen-bond donors (Lipinski definition) is 1. The van der Waals surface area contributed by atoms with Gasteiger partial charge in [0, 0.05) is 11.5 Å². The predicted octanol–water partition coefficient (Wildman–Crippen LogP) is 3.01. The van der Waals surface area contributed by atoms with Crippen molar-refractivity contribution in [3.05, 3.63) is 34.4 Å². The van der Waals surface area contributed by atoms with Gasteiger partial charge in [0.1, 0.15) is 0 Å². The molecule has 0 aromatic heterocycles. The number of hydrogen-bond acceptors (Lipinski definition) is 2. The third-order valence-electron chi connectivity index (χ3n) is 4.04. The van der Waals surface area contributed by atoms with Gasteiger partial charge < -0.3 is 10.5 Å². The van der Waals surface area contributed by atoms with Crippen LogP contribution in [0.5, 0.6) is 0 Å². The molecule has 1 fully saturated rings. The van der Waals surface area contributed by atoms with E-state index >= 15 is 0 Å². The molecule has 1 aliphatic heterocycles. The Labute approximate surface area is 111 Å². The Kier molecular flexibility index (Phi) is 3.79. The lowest BCUT2D eigenvalue weighted by molar-refractivity contribution is -0.0662. The van der Waals surface area contributed by atoms with Crippen LogP contribution >= 0.6 is 0 Å². The van der Waals surface area contributed by atoms with Gasteiger partial charge in [0.05, 0.1) is 13.2 Å². The summed E-state index contributed by atoms with van der Waals surface area (Å²) < 4.78 is 5.52. The van der Waals surface area contributed by atoms with E-state index in [0.29, 0.717) is 0 Å². The molecule has 18 heavy (non-hydrogen) atoms. The summed E-state index contributed by atoms with van der Waals surface area (Å²) in [6.07, 6.45) is 2.20. The van der Waals surface area contributed by atoms with Gasteiger partial charge in [-0.15, -0.1) is 0 Å². The molecule has 1 aromatic rings. The molecule has 1 aromatic carbocycles.